The van der Waals surface area contributed by atoms with Gasteiger partial charge in [-0.25, -0.2) is 0 Å². The van der Waals surface area contributed by atoms with Gasteiger partial charge in [0, 0.05) is 17.8 Å². The van der Waals surface area contributed by atoms with Crippen molar-refractivity contribution < 1.29 is 4.74 Å². The van der Waals surface area contributed by atoms with Crippen molar-refractivity contribution in [3.8, 4) is 5.75 Å². The van der Waals surface area contributed by atoms with Crippen LogP contribution in [0.3, 0.4) is 0 Å². The molecule has 0 saturated heterocycles. The SMILES string of the molecule is Cc1cccc(C(CCOc2cccc3ccccc23)N(C)C)c1. The van der Waals surface area contributed by atoms with Crippen LogP contribution in [0.15, 0.2) is 66.7 Å². The maximum atomic E-state index is 6.12. The molecule has 0 heterocycles. The monoisotopic (exact) mass is 319 g/mol. The van der Waals surface area contributed by atoms with E-state index in [4.69, 9.17) is 4.74 Å². The Morgan fingerprint density at radius 2 is 1.67 bits per heavy atom. The number of hydrogen-bond acceptors (Lipinski definition) is 2. The Kier molecular flexibility index (Phi) is 5.17. The van der Waals surface area contributed by atoms with Crippen molar-refractivity contribution in [3.63, 3.8) is 0 Å². The lowest BCUT2D eigenvalue weighted by atomic mass is 10.0. The maximum absolute atomic E-state index is 6.12. The summed E-state index contributed by atoms with van der Waals surface area (Å²) in [5, 5.41) is 2.40. The molecule has 0 saturated carbocycles. The first-order valence-electron chi connectivity index (χ1n) is 8.49. The zero-order valence-corrected chi connectivity index (χ0v) is 14.7. The highest BCUT2D eigenvalue weighted by atomic mass is 16.5. The second-order valence-corrected chi connectivity index (χ2v) is 6.51. The van der Waals surface area contributed by atoms with E-state index in [1.807, 2.05) is 0 Å². The lowest BCUT2D eigenvalue weighted by molar-refractivity contribution is 0.225. The zero-order chi connectivity index (χ0) is 16.9. The topological polar surface area (TPSA) is 12.5 Å². The summed E-state index contributed by atoms with van der Waals surface area (Å²) >= 11 is 0. The van der Waals surface area contributed by atoms with Crippen molar-refractivity contribution in [2.45, 2.75) is 19.4 Å². The van der Waals surface area contributed by atoms with Gasteiger partial charge in [-0.15, -0.1) is 0 Å². The van der Waals surface area contributed by atoms with Crippen LogP contribution in [0, 0.1) is 6.92 Å². The van der Waals surface area contributed by atoms with Crippen molar-refractivity contribution in [2.75, 3.05) is 20.7 Å². The van der Waals surface area contributed by atoms with Crippen LogP contribution in [-0.2, 0) is 0 Å². The Balaban J connectivity index is 1.71. The Morgan fingerprint density at radius 1 is 0.917 bits per heavy atom. The minimum atomic E-state index is 0.361. The van der Waals surface area contributed by atoms with Crippen LogP contribution < -0.4 is 4.74 Å². The molecule has 0 N–H and O–H groups in total. The summed E-state index contributed by atoms with van der Waals surface area (Å²) in [5.74, 6) is 0.967. The Hall–Kier alpha value is -2.32. The average molecular weight is 319 g/mol. The fourth-order valence-corrected chi connectivity index (χ4v) is 3.20. The third kappa shape index (κ3) is 3.77. The highest BCUT2D eigenvalue weighted by molar-refractivity contribution is 5.88. The number of hydrogen-bond donors (Lipinski definition) is 0. The third-order valence-corrected chi connectivity index (χ3v) is 4.45. The van der Waals surface area contributed by atoms with Crippen molar-refractivity contribution in [2.24, 2.45) is 0 Å². The molecule has 0 aliphatic heterocycles. The van der Waals surface area contributed by atoms with Crippen LogP contribution in [-0.4, -0.2) is 25.6 Å². The maximum Gasteiger partial charge on any atom is 0.127 e. The molecule has 0 aromatic heterocycles. The van der Waals surface area contributed by atoms with E-state index < -0.39 is 0 Å². The van der Waals surface area contributed by atoms with Gasteiger partial charge in [0.2, 0.25) is 0 Å². The van der Waals surface area contributed by atoms with Crippen LogP contribution in [0.4, 0.5) is 0 Å². The average Bonchev–Trinajstić information content (AvgIpc) is 2.58. The fourth-order valence-electron chi connectivity index (χ4n) is 3.20. The Labute approximate surface area is 144 Å². The standard InChI is InChI=1S/C22H25NO/c1-17-8-6-11-19(16-17)21(23(2)3)14-15-24-22-13-7-10-18-9-4-5-12-20(18)22/h4-13,16,21H,14-15H2,1-3H3. The second-order valence-electron chi connectivity index (χ2n) is 6.51. The van der Waals surface area contributed by atoms with Gasteiger partial charge in [0.05, 0.1) is 6.61 Å². The van der Waals surface area contributed by atoms with Gasteiger partial charge in [-0.05, 0) is 38.0 Å². The van der Waals surface area contributed by atoms with E-state index in [2.05, 4.69) is 92.6 Å². The molecular weight excluding hydrogens is 294 g/mol. The molecule has 0 aliphatic carbocycles. The van der Waals surface area contributed by atoms with Gasteiger partial charge < -0.3 is 9.64 Å². The third-order valence-electron chi connectivity index (χ3n) is 4.45. The summed E-state index contributed by atoms with van der Waals surface area (Å²) in [6.07, 6.45) is 0.958. The number of aryl methyl sites for hydroxylation is 1. The lowest BCUT2D eigenvalue weighted by Gasteiger charge is -2.25. The summed E-state index contributed by atoms with van der Waals surface area (Å²) < 4.78 is 6.12. The van der Waals surface area contributed by atoms with E-state index in [9.17, 15) is 0 Å². The summed E-state index contributed by atoms with van der Waals surface area (Å²) in [5.41, 5.74) is 2.65. The first-order valence-corrected chi connectivity index (χ1v) is 8.49. The van der Waals surface area contributed by atoms with Crippen LogP contribution in [0.1, 0.15) is 23.6 Å². The van der Waals surface area contributed by atoms with Crippen LogP contribution in [0.25, 0.3) is 10.8 Å². The van der Waals surface area contributed by atoms with Gasteiger partial charge in [0.25, 0.3) is 0 Å². The first-order chi connectivity index (χ1) is 11.6. The number of benzene rings is 3. The normalized spacial score (nSPS) is 12.5. The minimum Gasteiger partial charge on any atom is -0.493 e. The van der Waals surface area contributed by atoms with Crippen molar-refractivity contribution in [1.82, 2.24) is 4.90 Å². The molecule has 0 radical (unpaired) electrons. The molecule has 2 heteroatoms. The summed E-state index contributed by atoms with van der Waals surface area (Å²) in [7, 11) is 4.26. The summed E-state index contributed by atoms with van der Waals surface area (Å²) in [4.78, 5) is 2.27. The first kappa shape index (κ1) is 16.5. The van der Waals surface area contributed by atoms with E-state index in [0.717, 1.165) is 12.2 Å². The van der Waals surface area contributed by atoms with Crippen LogP contribution in [0.2, 0.25) is 0 Å². The Morgan fingerprint density at radius 3 is 2.46 bits per heavy atom. The predicted octanol–water partition coefficient (Wildman–Crippen LogP) is 5.22. The van der Waals surface area contributed by atoms with Gasteiger partial charge in [-0.2, -0.15) is 0 Å². The van der Waals surface area contributed by atoms with Crippen molar-refractivity contribution >= 4 is 10.8 Å². The molecule has 0 amide bonds. The molecule has 2 nitrogen and oxygen atoms in total. The van der Waals surface area contributed by atoms with E-state index in [-0.39, 0.29) is 0 Å². The minimum absolute atomic E-state index is 0.361. The molecule has 124 valence electrons. The number of ether oxygens (including phenoxy) is 1. The van der Waals surface area contributed by atoms with E-state index in [1.165, 1.54) is 21.9 Å². The molecule has 0 spiro atoms. The molecule has 3 aromatic carbocycles. The van der Waals surface area contributed by atoms with Gasteiger partial charge in [-0.3, -0.25) is 0 Å². The molecule has 1 unspecified atom stereocenters. The summed E-state index contributed by atoms with van der Waals surface area (Å²) in [6.45, 7) is 2.84. The van der Waals surface area contributed by atoms with E-state index >= 15 is 0 Å². The van der Waals surface area contributed by atoms with Gasteiger partial charge in [0.1, 0.15) is 5.75 Å². The van der Waals surface area contributed by atoms with Crippen LogP contribution >= 0.6 is 0 Å². The zero-order valence-electron chi connectivity index (χ0n) is 14.7. The molecule has 24 heavy (non-hydrogen) atoms. The van der Waals surface area contributed by atoms with Crippen molar-refractivity contribution in [3.05, 3.63) is 77.9 Å². The number of rotatable bonds is 6. The van der Waals surface area contributed by atoms with Gasteiger partial charge >= 0.3 is 0 Å². The predicted molar refractivity (Wildman–Crippen MR) is 102 cm³/mol. The molecule has 0 bridgehead atoms. The van der Waals surface area contributed by atoms with Crippen LogP contribution in [0.5, 0.6) is 5.75 Å². The lowest BCUT2D eigenvalue weighted by Crippen LogP contribution is -2.22. The van der Waals surface area contributed by atoms with Crippen molar-refractivity contribution in [1.29, 1.82) is 0 Å². The molecule has 0 aliphatic rings. The second kappa shape index (κ2) is 7.50. The van der Waals surface area contributed by atoms with Gasteiger partial charge in [0.15, 0.2) is 0 Å². The molecule has 3 rings (SSSR count). The fraction of sp³-hybridized carbons (Fsp3) is 0.273. The molecule has 3 aromatic rings. The smallest absolute Gasteiger partial charge is 0.127 e. The highest BCUT2D eigenvalue weighted by Gasteiger charge is 2.14. The quantitative estimate of drug-likeness (QED) is 0.617. The number of nitrogens with zero attached hydrogens (tertiary/aromatic N) is 1. The van der Waals surface area contributed by atoms with E-state index in [0.29, 0.717) is 12.6 Å². The number of fused-ring (bicyclic) bond motifs is 1. The molecular formula is C22H25NO. The highest BCUT2D eigenvalue weighted by Crippen LogP contribution is 2.27. The molecule has 0 fully saturated rings. The Bertz CT molecular complexity index is 804. The molecule has 1 atom stereocenters. The largest absolute Gasteiger partial charge is 0.493 e. The van der Waals surface area contributed by atoms with Gasteiger partial charge in [-0.1, -0.05) is 66.2 Å². The van der Waals surface area contributed by atoms with E-state index in [1.54, 1.807) is 0 Å². The summed E-state index contributed by atoms with van der Waals surface area (Å²) in [6, 6.07) is 23.7.